The minimum Gasteiger partial charge on any atom is -0.466 e. The molecule has 0 N–H and O–H groups in total. The van der Waals surface area contributed by atoms with Gasteiger partial charge in [-0.2, -0.15) is 0 Å². The molecule has 2 saturated heterocycles. The Labute approximate surface area is 189 Å². The number of piperidine rings is 2. The van der Waals surface area contributed by atoms with Crippen LogP contribution in [-0.4, -0.2) is 59.5 Å². The van der Waals surface area contributed by atoms with Crippen molar-refractivity contribution >= 4 is 17.7 Å². The number of aryl methyl sites for hydroxylation is 1. The molecule has 0 aliphatic carbocycles. The van der Waals surface area contributed by atoms with Crippen molar-refractivity contribution in [2.45, 2.75) is 46.0 Å². The first-order valence-corrected chi connectivity index (χ1v) is 11.7. The third kappa shape index (κ3) is 4.92. The monoisotopic (exact) mass is 436 g/mol. The quantitative estimate of drug-likeness (QED) is 0.663. The van der Waals surface area contributed by atoms with Crippen molar-refractivity contribution in [2.24, 2.45) is 5.92 Å². The van der Waals surface area contributed by atoms with Gasteiger partial charge in [0, 0.05) is 37.9 Å². The number of hydrogen-bond donors (Lipinski definition) is 0. The van der Waals surface area contributed by atoms with Crippen molar-refractivity contribution in [3.63, 3.8) is 0 Å². The largest absolute Gasteiger partial charge is 0.466 e. The van der Waals surface area contributed by atoms with Gasteiger partial charge in [0.1, 0.15) is 11.4 Å². The number of rotatable bonds is 5. The van der Waals surface area contributed by atoms with Crippen LogP contribution in [0.3, 0.4) is 0 Å². The molecule has 0 bridgehead atoms. The second-order valence-electron chi connectivity index (χ2n) is 8.69. The van der Waals surface area contributed by atoms with E-state index in [9.17, 15) is 9.59 Å². The third-order valence-electron chi connectivity index (χ3n) is 6.26. The molecule has 1 amide bonds. The van der Waals surface area contributed by atoms with E-state index in [-0.39, 0.29) is 17.8 Å². The van der Waals surface area contributed by atoms with Crippen LogP contribution in [0.5, 0.6) is 0 Å². The van der Waals surface area contributed by atoms with Crippen LogP contribution < -0.4 is 4.90 Å². The Kier molecular flexibility index (Phi) is 7.02. The van der Waals surface area contributed by atoms with E-state index in [1.807, 2.05) is 32.0 Å². The fourth-order valence-electron chi connectivity index (χ4n) is 4.58. The van der Waals surface area contributed by atoms with Crippen LogP contribution in [-0.2, 0) is 9.53 Å². The molecule has 1 aromatic heterocycles. The molecule has 0 radical (unpaired) electrons. The Morgan fingerprint density at radius 1 is 1.12 bits per heavy atom. The van der Waals surface area contributed by atoms with Gasteiger partial charge in [0.2, 0.25) is 0 Å². The molecule has 32 heavy (non-hydrogen) atoms. The van der Waals surface area contributed by atoms with E-state index in [1.54, 1.807) is 11.1 Å². The molecule has 3 heterocycles. The molecule has 4 rings (SSSR count). The SMILES string of the molecule is CCOC(=O)C1CCCN(C(=O)c2cnc(-c3cccc(C)c3)nc2N2CCCCC2)C1. The minimum absolute atomic E-state index is 0.102. The molecule has 1 unspecified atom stereocenters. The molecule has 7 nitrogen and oxygen atoms in total. The third-order valence-corrected chi connectivity index (χ3v) is 6.26. The predicted octanol–water partition coefficient (Wildman–Crippen LogP) is 3.86. The van der Waals surface area contributed by atoms with Gasteiger partial charge in [0.15, 0.2) is 5.82 Å². The van der Waals surface area contributed by atoms with Gasteiger partial charge in [-0.15, -0.1) is 0 Å². The highest BCUT2D eigenvalue weighted by Crippen LogP contribution is 2.28. The second-order valence-corrected chi connectivity index (χ2v) is 8.69. The summed E-state index contributed by atoms with van der Waals surface area (Å²) >= 11 is 0. The molecule has 2 aromatic rings. The average molecular weight is 437 g/mol. The lowest BCUT2D eigenvalue weighted by atomic mass is 9.97. The van der Waals surface area contributed by atoms with Crippen molar-refractivity contribution in [1.82, 2.24) is 14.9 Å². The zero-order valence-electron chi connectivity index (χ0n) is 19.0. The summed E-state index contributed by atoms with van der Waals surface area (Å²) in [7, 11) is 0. The number of amides is 1. The minimum atomic E-state index is -0.265. The maximum Gasteiger partial charge on any atom is 0.310 e. The summed E-state index contributed by atoms with van der Waals surface area (Å²) in [5.74, 6) is 0.759. The van der Waals surface area contributed by atoms with Crippen LogP contribution in [0.2, 0.25) is 0 Å². The molecule has 0 spiro atoms. The van der Waals surface area contributed by atoms with E-state index in [0.717, 1.165) is 49.9 Å². The number of carbonyl (C=O) groups excluding carboxylic acids is 2. The maximum atomic E-state index is 13.6. The van der Waals surface area contributed by atoms with Gasteiger partial charge in [0.05, 0.1) is 12.5 Å². The standard InChI is InChI=1S/C25H32N4O3/c1-3-32-25(31)20-11-8-14-29(17-20)24(30)21-16-26-22(19-10-7-9-18(2)15-19)27-23(21)28-12-5-4-6-13-28/h7,9-10,15-16,20H,3-6,8,11-14,17H2,1-2H3. The lowest BCUT2D eigenvalue weighted by Gasteiger charge is -2.33. The molecule has 7 heteroatoms. The van der Waals surface area contributed by atoms with Crippen LogP contribution in [0, 0.1) is 12.8 Å². The van der Waals surface area contributed by atoms with E-state index >= 15 is 0 Å². The van der Waals surface area contributed by atoms with Crippen LogP contribution in [0.15, 0.2) is 30.5 Å². The number of hydrogen-bond acceptors (Lipinski definition) is 6. The number of carbonyl (C=O) groups is 2. The summed E-state index contributed by atoms with van der Waals surface area (Å²) in [6, 6.07) is 8.10. The topological polar surface area (TPSA) is 75.6 Å². The Morgan fingerprint density at radius 3 is 2.69 bits per heavy atom. The lowest BCUT2D eigenvalue weighted by Crippen LogP contribution is -2.43. The van der Waals surface area contributed by atoms with Crippen molar-refractivity contribution in [3.8, 4) is 11.4 Å². The van der Waals surface area contributed by atoms with E-state index in [4.69, 9.17) is 9.72 Å². The number of aromatic nitrogens is 2. The number of likely N-dealkylation sites (tertiary alicyclic amines) is 1. The van der Waals surface area contributed by atoms with Gasteiger partial charge >= 0.3 is 5.97 Å². The number of benzene rings is 1. The summed E-state index contributed by atoms with van der Waals surface area (Å²) in [5.41, 5.74) is 2.61. The smallest absolute Gasteiger partial charge is 0.310 e. The highest BCUT2D eigenvalue weighted by atomic mass is 16.5. The van der Waals surface area contributed by atoms with Gasteiger partial charge in [-0.25, -0.2) is 9.97 Å². The predicted molar refractivity (Wildman–Crippen MR) is 124 cm³/mol. The number of anilines is 1. The van der Waals surface area contributed by atoms with E-state index in [2.05, 4.69) is 16.0 Å². The number of ether oxygens (including phenoxy) is 1. The summed E-state index contributed by atoms with van der Waals surface area (Å²) in [5, 5.41) is 0. The van der Waals surface area contributed by atoms with Crippen molar-refractivity contribution in [3.05, 3.63) is 41.6 Å². The maximum absolute atomic E-state index is 13.6. The first-order chi connectivity index (χ1) is 15.6. The lowest BCUT2D eigenvalue weighted by molar-refractivity contribution is -0.149. The van der Waals surface area contributed by atoms with Crippen molar-refractivity contribution in [2.75, 3.05) is 37.7 Å². The van der Waals surface area contributed by atoms with Crippen molar-refractivity contribution < 1.29 is 14.3 Å². The Morgan fingerprint density at radius 2 is 1.94 bits per heavy atom. The molecular weight excluding hydrogens is 404 g/mol. The van der Waals surface area contributed by atoms with E-state index < -0.39 is 0 Å². The molecule has 1 aromatic carbocycles. The van der Waals surface area contributed by atoms with Crippen LogP contribution in [0.4, 0.5) is 5.82 Å². The fraction of sp³-hybridized carbons (Fsp3) is 0.520. The first kappa shape index (κ1) is 22.2. The van der Waals surface area contributed by atoms with Crippen molar-refractivity contribution in [1.29, 1.82) is 0 Å². The molecule has 1 atom stereocenters. The molecule has 2 aliphatic rings. The Balaban J connectivity index is 1.64. The summed E-state index contributed by atoms with van der Waals surface area (Å²) in [4.78, 5) is 39.2. The summed E-state index contributed by atoms with van der Waals surface area (Å²) in [6.07, 6.45) is 6.59. The van der Waals surface area contributed by atoms with E-state index in [1.165, 1.54) is 6.42 Å². The van der Waals surface area contributed by atoms with Gasteiger partial charge in [-0.1, -0.05) is 23.8 Å². The number of esters is 1. The highest BCUT2D eigenvalue weighted by molar-refractivity contribution is 5.99. The number of nitrogens with zero attached hydrogens (tertiary/aromatic N) is 4. The van der Waals surface area contributed by atoms with Gasteiger partial charge in [-0.05, 0) is 52.0 Å². The van der Waals surface area contributed by atoms with Crippen LogP contribution in [0.25, 0.3) is 11.4 Å². The summed E-state index contributed by atoms with van der Waals surface area (Å²) < 4.78 is 5.20. The fourth-order valence-corrected chi connectivity index (χ4v) is 4.58. The molecule has 2 aliphatic heterocycles. The summed E-state index contributed by atoms with van der Waals surface area (Å²) in [6.45, 7) is 7.00. The second kappa shape index (κ2) is 10.1. The highest BCUT2D eigenvalue weighted by Gasteiger charge is 2.32. The zero-order chi connectivity index (χ0) is 22.5. The zero-order valence-corrected chi connectivity index (χ0v) is 19.0. The average Bonchev–Trinajstić information content (AvgIpc) is 2.84. The Hall–Kier alpha value is -2.96. The van der Waals surface area contributed by atoms with Crippen LogP contribution >= 0.6 is 0 Å². The van der Waals surface area contributed by atoms with Crippen LogP contribution in [0.1, 0.15) is 54.9 Å². The molecule has 2 fully saturated rings. The van der Waals surface area contributed by atoms with Gasteiger partial charge in [-0.3, -0.25) is 9.59 Å². The van der Waals surface area contributed by atoms with E-state index in [0.29, 0.717) is 36.9 Å². The molecule has 170 valence electrons. The molecular formula is C25H32N4O3. The normalized spacial score (nSPS) is 19.0. The first-order valence-electron chi connectivity index (χ1n) is 11.7. The van der Waals surface area contributed by atoms with Gasteiger partial charge < -0.3 is 14.5 Å². The van der Waals surface area contributed by atoms with Gasteiger partial charge in [0.25, 0.3) is 5.91 Å². The Bertz CT molecular complexity index is 971. The molecule has 0 saturated carbocycles.